The van der Waals surface area contributed by atoms with Crippen LogP contribution in [0.5, 0.6) is 0 Å². The third-order valence-electron chi connectivity index (χ3n) is 2.71. The van der Waals surface area contributed by atoms with Crippen LogP contribution in [0, 0.1) is 5.92 Å². The minimum absolute atomic E-state index is 0.660. The van der Waals surface area contributed by atoms with Gasteiger partial charge in [-0.15, -0.1) is 11.6 Å². The van der Waals surface area contributed by atoms with Gasteiger partial charge in [-0.3, -0.25) is 4.90 Å². The summed E-state index contributed by atoms with van der Waals surface area (Å²) in [4.78, 5) is 2.56. The van der Waals surface area contributed by atoms with E-state index in [9.17, 15) is 0 Å². The number of hydrogen-bond donors (Lipinski definition) is 0. The van der Waals surface area contributed by atoms with E-state index in [1.807, 2.05) is 0 Å². The molecule has 1 aliphatic rings. The summed E-state index contributed by atoms with van der Waals surface area (Å²) in [5.41, 5.74) is 0. The minimum atomic E-state index is 0.660. The first-order valence-corrected chi connectivity index (χ1v) is 5.61. The molecule has 1 rings (SSSR count). The number of hydrogen-bond acceptors (Lipinski definition) is 1. The Kier molecular flexibility index (Phi) is 4.38. The molecule has 0 saturated carbocycles. The van der Waals surface area contributed by atoms with Gasteiger partial charge in [-0.2, -0.15) is 0 Å². The van der Waals surface area contributed by atoms with Gasteiger partial charge in [0.1, 0.15) is 0 Å². The minimum Gasteiger partial charge on any atom is -0.299 e. The molecule has 0 aromatic heterocycles. The van der Waals surface area contributed by atoms with Crippen LogP contribution in [0.1, 0.15) is 33.1 Å². The van der Waals surface area contributed by atoms with Crippen molar-refractivity contribution in [2.75, 3.05) is 19.0 Å². The standard InChI is InChI=1S/C10H20ClN/c1-3-4-5-12-8-9(2)6-10(12)7-11/h9-10H,3-8H2,1-2H3/t9-,10-/m0/s1. The van der Waals surface area contributed by atoms with Gasteiger partial charge in [-0.25, -0.2) is 0 Å². The summed E-state index contributed by atoms with van der Waals surface area (Å²) in [5, 5.41) is 0. The second kappa shape index (κ2) is 5.08. The highest BCUT2D eigenvalue weighted by Gasteiger charge is 2.27. The Morgan fingerprint density at radius 1 is 1.50 bits per heavy atom. The predicted molar refractivity (Wildman–Crippen MR) is 54.8 cm³/mol. The molecule has 12 heavy (non-hydrogen) atoms. The van der Waals surface area contributed by atoms with E-state index in [0.717, 1.165) is 11.8 Å². The third-order valence-corrected chi connectivity index (χ3v) is 3.07. The molecular weight excluding hydrogens is 170 g/mol. The first kappa shape index (κ1) is 10.3. The van der Waals surface area contributed by atoms with E-state index in [1.165, 1.54) is 32.4 Å². The summed E-state index contributed by atoms with van der Waals surface area (Å²) < 4.78 is 0. The Hall–Kier alpha value is 0.250. The SMILES string of the molecule is CCCCN1C[C@@H](C)C[C@H]1CCl. The van der Waals surface area contributed by atoms with E-state index < -0.39 is 0 Å². The number of unbranched alkanes of at least 4 members (excludes halogenated alkanes) is 1. The first-order chi connectivity index (χ1) is 5.77. The smallest absolute Gasteiger partial charge is 0.0379 e. The third kappa shape index (κ3) is 2.63. The monoisotopic (exact) mass is 189 g/mol. The van der Waals surface area contributed by atoms with Crippen molar-refractivity contribution in [1.82, 2.24) is 4.90 Å². The lowest BCUT2D eigenvalue weighted by Gasteiger charge is -2.21. The highest BCUT2D eigenvalue weighted by Crippen LogP contribution is 2.23. The van der Waals surface area contributed by atoms with Crippen molar-refractivity contribution in [3.8, 4) is 0 Å². The van der Waals surface area contributed by atoms with Gasteiger partial charge in [0, 0.05) is 18.5 Å². The van der Waals surface area contributed by atoms with Crippen molar-refractivity contribution in [3.05, 3.63) is 0 Å². The molecule has 2 heteroatoms. The van der Waals surface area contributed by atoms with Gasteiger partial charge in [0.25, 0.3) is 0 Å². The lowest BCUT2D eigenvalue weighted by molar-refractivity contribution is 0.263. The summed E-state index contributed by atoms with van der Waals surface area (Å²) in [6.07, 6.45) is 3.91. The lowest BCUT2D eigenvalue weighted by Crippen LogP contribution is -2.31. The summed E-state index contributed by atoms with van der Waals surface area (Å²) in [7, 11) is 0. The Labute approximate surface area is 81.1 Å². The van der Waals surface area contributed by atoms with Crippen LogP contribution in [0.3, 0.4) is 0 Å². The molecule has 0 aromatic rings. The number of rotatable bonds is 4. The quantitative estimate of drug-likeness (QED) is 0.615. The topological polar surface area (TPSA) is 3.24 Å². The van der Waals surface area contributed by atoms with Gasteiger partial charge < -0.3 is 0 Å². The maximum atomic E-state index is 5.91. The Morgan fingerprint density at radius 3 is 2.83 bits per heavy atom. The van der Waals surface area contributed by atoms with E-state index in [0.29, 0.717) is 6.04 Å². The Bertz CT molecular complexity index is 127. The molecule has 0 spiro atoms. The molecule has 0 radical (unpaired) electrons. The maximum absolute atomic E-state index is 5.91. The molecule has 0 aromatic carbocycles. The average molecular weight is 190 g/mol. The van der Waals surface area contributed by atoms with Gasteiger partial charge in [-0.1, -0.05) is 20.3 Å². The van der Waals surface area contributed by atoms with Gasteiger partial charge in [-0.05, 0) is 25.3 Å². The largest absolute Gasteiger partial charge is 0.299 e. The summed E-state index contributed by atoms with van der Waals surface area (Å²) in [6.45, 7) is 7.08. The molecule has 0 amide bonds. The van der Waals surface area contributed by atoms with Crippen LogP contribution in [-0.4, -0.2) is 29.9 Å². The van der Waals surface area contributed by atoms with Crippen LogP contribution < -0.4 is 0 Å². The molecule has 1 heterocycles. The van der Waals surface area contributed by atoms with E-state index in [1.54, 1.807) is 0 Å². The average Bonchev–Trinajstić information content (AvgIpc) is 2.42. The molecule has 2 atom stereocenters. The van der Waals surface area contributed by atoms with Crippen LogP contribution >= 0.6 is 11.6 Å². The summed E-state index contributed by atoms with van der Waals surface area (Å²) in [5.74, 6) is 1.67. The van der Waals surface area contributed by atoms with Crippen LogP contribution in [0.25, 0.3) is 0 Å². The first-order valence-electron chi connectivity index (χ1n) is 5.08. The molecule has 1 aliphatic heterocycles. The van der Waals surface area contributed by atoms with E-state index in [-0.39, 0.29) is 0 Å². The van der Waals surface area contributed by atoms with Crippen molar-refractivity contribution in [3.63, 3.8) is 0 Å². The number of likely N-dealkylation sites (tertiary alicyclic amines) is 1. The zero-order valence-corrected chi connectivity index (χ0v) is 8.98. The molecule has 0 unspecified atom stereocenters. The normalized spacial score (nSPS) is 31.2. The van der Waals surface area contributed by atoms with Crippen LogP contribution in [0.4, 0.5) is 0 Å². The van der Waals surface area contributed by atoms with E-state index in [4.69, 9.17) is 11.6 Å². The maximum Gasteiger partial charge on any atom is 0.0379 e. The number of halogens is 1. The van der Waals surface area contributed by atoms with Crippen molar-refractivity contribution < 1.29 is 0 Å². The fourth-order valence-corrected chi connectivity index (χ4v) is 2.35. The molecule has 0 aliphatic carbocycles. The number of nitrogens with zero attached hydrogens (tertiary/aromatic N) is 1. The van der Waals surface area contributed by atoms with Gasteiger partial charge in [0.05, 0.1) is 0 Å². The highest BCUT2D eigenvalue weighted by molar-refractivity contribution is 6.18. The fourth-order valence-electron chi connectivity index (χ4n) is 2.03. The van der Waals surface area contributed by atoms with Crippen LogP contribution in [-0.2, 0) is 0 Å². The van der Waals surface area contributed by atoms with Crippen LogP contribution in [0.2, 0.25) is 0 Å². The lowest BCUT2D eigenvalue weighted by atomic mass is 10.1. The zero-order valence-electron chi connectivity index (χ0n) is 8.22. The predicted octanol–water partition coefficient (Wildman–Crippen LogP) is 2.74. The second-order valence-corrected chi connectivity index (χ2v) is 4.31. The Balaban J connectivity index is 2.30. The highest BCUT2D eigenvalue weighted by atomic mass is 35.5. The van der Waals surface area contributed by atoms with Gasteiger partial charge in [0.2, 0.25) is 0 Å². The number of alkyl halides is 1. The van der Waals surface area contributed by atoms with E-state index in [2.05, 4.69) is 18.7 Å². The molecule has 1 fully saturated rings. The molecule has 0 bridgehead atoms. The van der Waals surface area contributed by atoms with Gasteiger partial charge in [0.15, 0.2) is 0 Å². The molecule has 72 valence electrons. The van der Waals surface area contributed by atoms with Crippen molar-refractivity contribution in [2.45, 2.75) is 39.2 Å². The zero-order chi connectivity index (χ0) is 8.97. The Morgan fingerprint density at radius 2 is 2.25 bits per heavy atom. The summed E-state index contributed by atoms with van der Waals surface area (Å²) >= 11 is 5.91. The van der Waals surface area contributed by atoms with Crippen molar-refractivity contribution in [1.29, 1.82) is 0 Å². The molecule has 0 N–H and O–H groups in total. The molecule has 1 saturated heterocycles. The van der Waals surface area contributed by atoms with Crippen molar-refractivity contribution >= 4 is 11.6 Å². The summed E-state index contributed by atoms with van der Waals surface area (Å²) in [6, 6.07) is 0.660. The van der Waals surface area contributed by atoms with E-state index >= 15 is 0 Å². The molecular formula is C10H20ClN. The fraction of sp³-hybridized carbons (Fsp3) is 1.00. The molecule has 1 nitrogen and oxygen atoms in total. The second-order valence-electron chi connectivity index (χ2n) is 4.00. The van der Waals surface area contributed by atoms with Crippen LogP contribution in [0.15, 0.2) is 0 Å². The van der Waals surface area contributed by atoms with Gasteiger partial charge >= 0.3 is 0 Å². The van der Waals surface area contributed by atoms with Crippen molar-refractivity contribution in [2.24, 2.45) is 5.92 Å².